The summed E-state index contributed by atoms with van der Waals surface area (Å²) in [6.45, 7) is 1.46. The molecule has 0 bridgehead atoms. The number of hydrazone groups is 1. The summed E-state index contributed by atoms with van der Waals surface area (Å²) in [4.78, 5) is 10.8. The summed E-state index contributed by atoms with van der Waals surface area (Å²) in [5, 5.41) is 6.76. The third kappa shape index (κ3) is 5.05. The van der Waals surface area contributed by atoms with Crippen LogP contribution < -0.4 is 22.0 Å². The summed E-state index contributed by atoms with van der Waals surface area (Å²) in [7, 11) is 0. The normalized spacial score (nSPS) is 10.0. The maximum atomic E-state index is 10.8. The molecule has 0 aliphatic carbocycles. The standard InChI is InChI=1S/C10H13N5OS/c1-7(16)13-9-4-2-8(3-5-9)6-12-15-10(17)14-11/h2-6H,11H2,1H3,(H,13,16)(H2,14,15,17)/b12-6+. The SMILES string of the molecule is CC(=O)Nc1ccc(/C=N/NC(=S)NN)cc1. The van der Waals surface area contributed by atoms with Gasteiger partial charge in [-0.05, 0) is 29.9 Å². The molecule has 17 heavy (non-hydrogen) atoms. The molecule has 1 aromatic rings. The first-order valence-electron chi connectivity index (χ1n) is 4.79. The topological polar surface area (TPSA) is 91.5 Å². The van der Waals surface area contributed by atoms with Crippen LogP contribution in [0.15, 0.2) is 29.4 Å². The summed E-state index contributed by atoms with van der Waals surface area (Å²) < 4.78 is 0. The molecule has 1 aromatic carbocycles. The van der Waals surface area contributed by atoms with Gasteiger partial charge in [0, 0.05) is 12.6 Å². The molecule has 0 radical (unpaired) electrons. The van der Waals surface area contributed by atoms with Crippen molar-refractivity contribution >= 4 is 35.1 Å². The van der Waals surface area contributed by atoms with Crippen LogP contribution in [0.2, 0.25) is 0 Å². The van der Waals surface area contributed by atoms with E-state index in [-0.39, 0.29) is 11.0 Å². The average Bonchev–Trinajstić information content (AvgIpc) is 2.30. The molecule has 0 heterocycles. The Hall–Kier alpha value is -1.99. The minimum absolute atomic E-state index is 0.104. The van der Waals surface area contributed by atoms with Crippen LogP contribution in [-0.2, 0) is 4.79 Å². The van der Waals surface area contributed by atoms with Gasteiger partial charge in [0.15, 0.2) is 0 Å². The maximum absolute atomic E-state index is 10.8. The third-order valence-electron chi connectivity index (χ3n) is 1.74. The van der Waals surface area contributed by atoms with Crippen molar-refractivity contribution in [1.29, 1.82) is 0 Å². The quantitative estimate of drug-likeness (QED) is 0.269. The van der Waals surface area contributed by atoms with Crippen LogP contribution in [0.1, 0.15) is 12.5 Å². The highest BCUT2D eigenvalue weighted by Gasteiger charge is 1.94. The van der Waals surface area contributed by atoms with Gasteiger partial charge in [-0.15, -0.1) is 0 Å². The summed E-state index contributed by atoms with van der Waals surface area (Å²) in [6.07, 6.45) is 1.58. The van der Waals surface area contributed by atoms with Crippen LogP contribution in [0.25, 0.3) is 0 Å². The van der Waals surface area contributed by atoms with E-state index < -0.39 is 0 Å². The summed E-state index contributed by atoms with van der Waals surface area (Å²) in [5.41, 5.74) is 6.37. The van der Waals surface area contributed by atoms with E-state index in [1.807, 2.05) is 12.1 Å². The van der Waals surface area contributed by atoms with E-state index in [4.69, 9.17) is 18.1 Å². The highest BCUT2D eigenvalue weighted by atomic mass is 32.1. The number of benzene rings is 1. The van der Waals surface area contributed by atoms with E-state index in [1.54, 1.807) is 18.3 Å². The molecule has 0 saturated heterocycles. The Morgan fingerprint density at radius 2 is 2.06 bits per heavy atom. The van der Waals surface area contributed by atoms with Gasteiger partial charge < -0.3 is 5.32 Å². The number of thiocarbonyl (C=S) groups is 1. The van der Waals surface area contributed by atoms with Crippen molar-refractivity contribution in [2.24, 2.45) is 10.9 Å². The van der Waals surface area contributed by atoms with Gasteiger partial charge in [0.1, 0.15) is 0 Å². The number of anilines is 1. The molecule has 7 heteroatoms. The Bertz CT molecular complexity index is 429. The first kappa shape index (κ1) is 13.1. The van der Waals surface area contributed by atoms with E-state index in [0.717, 1.165) is 11.3 Å². The molecule has 0 aliphatic heterocycles. The van der Waals surface area contributed by atoms with Crippen LogP contribution in [0.3, 0.4) is 0 Å². The van der Waals surface area contributed by atoms with Gasteiger partial charge in [-0.1, -0.05) is 12.1 Å². The largest absolute Gasteiger partial charge is 0.326 e. The number of hydrogen-bond donors (Lipinski definition) is 4. The second-order valence-electron chi connectivity index (χ2n) is 3.15. The van der Waals surface area contributed by atoms with Crippen LogP contribution in [0, 0.1) is 0 Å². The molecule has 0 unspecified atom stereocenters. The number of nitrogens with one attached hydrogen (secondary N) is 3. The van der Waals surface area contributed by atoms with E-state index >= 15 is 0 Å². The fraction of sp³-hybridized carbons (Fsp3) is 0.100. The van der Waals surface area contributed by atoms with Crippen LogP contribution in [-0.4, -0.2) is 17.2 Å². The van der Waals surface area contributed by atoms with Crippen molar-refractivity contribution in [2.75, 3.05) is 5.32 Å². The first-order valence-corrected chi connectivity index (χ1v) is 5.20. The molecule has 5 N–H and O–H groups in total. The molecule has 0 aliphatic rings. The Labute approximate surface area is 104 Å². The predicted octanol–water partition coefficient (Wildman–Crippen LogP) is 0.317. The fourth-order valence-electron chi connectivity index (χ4n) is 1.05. The minimum Gasteiger partial charge on any atom is -0.326 e. The van der Waals surface area contributed by atoms with E-state index in [0.29, 0.717) is 0 Å². The number of carbonyl (C=O) groups is 1. The van der Waals surface area contributed by atoms with Crippen molar-refractivity contribution in [3.63, 3.8) is 0 Å². The van der Waals surface area contributed by atoms with Crippen molar-refractivity contribution < 1.29 is 4.79 Å². The monoisotopic (exact) mass is 251 g/mol. The van der Waals surface area contributed by atoms with E-state index in [9.17, 15) is 4.79 Å². The van der Waals surface area contributed by atoms with E-state index in [2.05, 4.69) is 21.3 Å². The van der Waals surface area contributed by atoms with Crippen molar-refractivity contribution in [3.05, 3.63) is 29.8 Å². The Kier molecular flexibility index (Phi) is 5.05. The lowest BCUT2D eigenvalue weighted by atomic mass is 10.2. The molecular formula is C10H13N5OS. The van der Waals surface area contributed by atoms with Crippen molar-refractivity contribution in [1.82, 2.24) is 10.9 Å². The summed E-state index contributed by atoms with van der Waals surface area (Å²) in [6, 6.07) is 7.19. The van der Waals surface area contributed by atoms with Gasteiger partial charge in [0.2, 0.25) is 11.0 Å². The number of rotatable bonds is 3. The number of nitrogens with two attached hydrogens (primary N) is 1. The number of hydrazine groups is 1. The molecule has 1 amide bonds. The molecular weight excluding hydrogens is 238 g/mol. The zero-order valence-electron chi connectivity index (χ0n) is 9.23. The van der Waals surface area contributed by atoms with Crippen LogP contribution >= 0.6 is 12.2 Å². The highest BCUT2D eigenvalue weighted by Crippen LogP contribution is 2.07. The van der Waals surface area contributed by atoms with Gasteiger partial charge in [0.05, 0.1) is 6.21 Å². The molecule has 0 spiro atoms. The van der Waals surface area contributed by atoms with Gasteiger partial charge in [-0.2, -0.15) is 5.10 Å². The number of amides is 1. The van der Waals surface area contributed by atoms with E-state index in [1.165, 1.54) is 6.92 Å². The summed E-state index contributed by atoms with van der Waals surface area (Å²) in [5.74, 6) is 4.95. The third-order valence-corrected chi connectivity index (χ3v) is 1.95. The lowest BCUT2D eigenvalue weighted by molar-refractivity contribution is -0.114. The lowest BCUT2D eigenvalue weighted by Crippen LogP contribution is -2.37. The Balaban J connectivity index is 2.56. The molecule has 0 aromatic heterocycles. The Morgan fingerprint density at radius 3 is 2.59 bits per heavy atom. The second-order valence-corrected chi connectivity index (χ2v) is 3.55. The lowest BCUT2D eigenvalue weighted by Gasteiger charge is -2.02. The molecule has 0 saturated carbocycles. The number of carbonyl (C=O) groups excluding carboxylic acids is 1. The maximum Gasteiger partial charge on any atom is 0.221 e. The highest BCUT2D eigenvalue weighted by molar-refractivity contribution is 7.80. The van der Waals surface area contributed by atoms with Crippen molar-refractivity contribution in [2.45, 2.75) is 6.92 Å². The van der Waals surface area contributed by atoms with Gasteiger partial charge >= 0.3 is 0 Å². The molecule has 6 nitrogen and oxygen atoms in total. The van der Waals surface area contributed by atoms with Gasteiger partial charge in [-0.25, -0.2) is 5.84 Å². The smallest absolute Gasteiger partial charge is 0.221 e. The zero-order chi connectivity index (χ0) is 12.7. The van der Waals surface area contributed by atoms with Crippen LogP contribution in [0.5, 0.6) is 0 Å². The molecule has 1 rings (SSSR count). The predicted molar refractivity (Wildman–Crippen MR) is 71.4 cm³/mol. The fourth-order valence-corrected chi connectivity index (χ4v) is 1.11. The second kappa shape index (κ2) is 6.56. The van der Waals surface area contributed by atoms with Crippen molar-refractivity contribution in [3.8, 4) is 0 Å². The Morgan fingerprint density at radius 1 is 1.41 bits per heavy atom. The molecule has 0 fully saturated rings. The minimum atomic E-state index is -0.104. The number of hydrogen-bond acceptors (Lipinski definition) is 4. The van der Waals surface area contributed by atoms with Crippen LogP contribution in [0.4, 0.5) is 5.69 Å². The first-order chi connectivity index (χ1) is 8.11. The summed E-state index contributed by atoms with van der Waals surface area (Å²) >= 11 is 4.73. The average molecular weight is 251 g/mol. The van der Waals surface area contributed by atoms with Gasteiger partial charge in [-0.3, -0.25) is 15.6 Å². The number of nitrogens with zero attached hydrogens (tertiary/aromatic N) is 1. The molecule has 90 valence electrons. The molecule has 0 atom stereocenters. The van der Waals surface area contributed by atoms with Gasteiger partial charge in [0.25, 0.3) is 0 Å². The zero-order valence-corrected chi connectivity index (χ0v) is 10.0.